The average Bonchev–Trinajstić information content (AvgIpc) is 3.04. The van der Waals surface area contributed by atoms with Crippen molar-refractivity contribution in [3.05, 3.63) is 23.8 Å². The van der Waals surface area contributed by atoms with Crippen molar-refractivity contribution in [2.45, 2.75) is 12.8 Å². The summed E-state index contributed by atoms with van der Waals surface area (Å²) in [6.07, 6.45) is 1.92. The lowest BCUT2D eigenvalue weighted by Crippen LogP contribution is -2.29. The molecule has 1 aromatic rings. The topological polar surface area (TPSA) is 35.5 Å². The SMILES string of the molecule is COc1cccc2c1OCC1(CC1)C2=O. The molecule has 0 radical (unpaired) electrons. The number of hydrogen-bond acceptors (Lipinski definition) is 3. The summed E-state index contributed by atoms with van der Waals surface area (Å²) >= 11 is 0. The van der Waals surface area contributed by atoms with E-state index in [0.29, 0.717) is 23.7 Å². The summed E-state index contributed by atoms with van der Waals surface area (Å²) in [7, 11) is 1.59. The van der Waals surface area contributed by atoms with Crippen molar-refractivity contribution < 1.29 is 14.3 Å². The van der Waals surface area contributed by atoms with Gasteiger partial charge in [-0.05, 0) is 25.0 Å². The van der Waals surface area contributed by atoms with E-state index >= 15 is 0 Å². The van der Waals surface area contributed by atoms with Crippen LogP contribution in [-0.4, -0.2) is 19.5 Å². The molecular formula is C12H12O3. The van der Waals surface area contributed by atoms with Gasteiger partial charge >= 0.3 is 0 Å². The zero-order valence-electron chi connectivity index (χ0n) is 8.58. The Morgan fingerprint density at radius 1 is 1.40 bits per heavy atom. The maximum Gasteiger partial charge on any atom is 0.176 e. The van der Waals surface area contributed by atoms with E-state index in [9.17, 15) is 4.79 Å². The van der Waals surface area contributed by atoms with Crippen LogP contribution >= 0.6 is 0 Å². The molecule has 3 rings (SSSR count). The smallest absolute Gasteiger partial charge is 0.176 e. The van der Waals surface area contributed by atoms with Gasteiger partial charge in [0.05, 0.1) is 18.1 Å². The van der Waals surface area contributed by atoms with Crippen LogP contribution in [0.5, 0.6) is 11.5 Å². The highest BCUT2D eigenvalue weighted by Crippen LogP contribution is 2.53. The quantitative estimate of drug-likeness (QED) is 0.702. The molecule has 0 atom stereocenters. The molecule has 1 fully saturated rings. The Bertz CT molecular complexity index is 432. The summed E-state index contributed by atoms with van der Waals surface area (Å²) in [6, 6.07) is 5.47. The monoisotopic (exact) mass is 204 g/mol. The number of carbonyl (C=O) groups excluding carboxylic acids is 1. The van der Waals surface area contributed by atoms with Crippen LogP contribution in [0.3, 0.4) is 0 Å². The largest absolute Gasteiger partial charge is 0.493 e. The van der Waals surface area contributed by atoms with Crippen LogP contribution in [0.1, 0.15) is 23.2 Å². The molecule has 0 saturated heterocycles. The first kappa shape index (κ1) is 8.77. The second kappa shape index (κ2) is 2.75. The third-order valence-electron chi connectivity index (χ3n) is 3.27. The zero-order chi connectivity index (χ0) is 10.5. The van der Waals surface area contributed by atoms with Crippen LogP contribution in [0.15, 0.2) is 18.2 Å². The van der Waals surface area contributed by atoms with Crippen molar-refractivity contribution >= 4 is 5.78 Å². The van der Waals surface area contributed by atoms with E-state index in [-0.39, 0.29) is 11.2 Å². The molecule has 15 heavy (non-hydrogen) atoms. The molecular weight excluding hydrogens is 192 g/mol. The molecule has 78 valence electrons. The van der Waals surface area contributed by atoms with Crippen molar-refractivity contribution in [1.29, 1.82) is 0 Å². The minimum absolute atomic E-state index is 0.195. The van der Waals surface area contributed by atoms with Crippen molar-refractivity contribution in [3.63, 3.8) is 0 Å². The molecule has 0 N–H and O–H groups in total. The van der Waals surface area contributed by atoms with Gasteiger partial charge in [-0.2, -0.15) is 0 Å². The summed E-state index contributed by atoms with van der Waals surface area (Å²) in [5, 5.41) is 0. The highest BCUT2D eigenvalue weighted by atomic mass is 16.5. The number of ether oxygens (including phenoxy) is 2. The highest BCUT2D eigenvalue weighted by Gasteiger charge is 2.53. The Labute approximate surface area is 88.0 Å². The molecule has 1 spiro atoms. The van der Waals surface area contributed by atoms with Gasteiger partial charge in [-0.15, -0.1) is 0 Å². The predicted molar refractivity (Wildman–Crippen MR) is 54.5 cm³/mol. The van der Waals surface area contributed by atoms with Gasteiger partial charge in [-0.3, -0.25) is 4.79 Å². The van der Waals surface area contributed by atoms with Gasteiger partial charge in [0, 0.05) is 0 Å². The van der Waals surface area contributed by atoms with Gasteiger partial charge < -0.3 is 9.47 Å². The molecule has 3 nitrogen and oxygen atoms in total. The minimum Gasteiger partial charge on any atom is -0.493 e. The molecule has 0 amide bonds. The van der Waals surface area contributed by atoms with Gasteiger partial charge in [0.25, 0.3) is 0 Å². The molecule has 1 heterocycles. The number of methoxy groups -OCH3 is 1. The van der Waals surface area contributed by atoms with Crippen LogP contribution in [0.2, 0.25) is 0 Å². The Hall–Kier alpha value is -1.51. The van der Waals surface area contributed by atoms with Crippen LogP contribution < -0.4 is 9.47 Å². The lowest BCUT2D eigenvalue weighted by molar-refractivity contribution is 0.0793. The molecule has 3 heteroatoms. The molecule has 1 saturated carbocycles. The minimum atomic E-state index is -0.195. The van der Waals surface area contributed by atoms with E-state index in [1.165, 1.54) is 0 Å². The van der Waals surface area contributed by atoms with Crippen molar-refractivity contribution in [2.24, 2.45) is 5.41 Å². The summed E-state index contributed by atoms with van der Waals surface area (Å²) < 4.78 is 10.8. The second-order valence-corrected chi connectivity index (χ2v) is 4.24. The summed E-state index contributed by atoms with van der Waals surface area (Å²) in [6.45, 7) is 0.513. The van der Waals surface area contributed by atoms with Gasteiger partial charge in [0.2, 0.25) is 0 Å². The fourth-order valence-electron chi connectivity index (χ4n) is 2.09. The molecule has 1 aliphatic carbocycles. The number of ketones is 1. The van der Waals surface area contributed by atoms with Gasteiger partial charge in [0.15, 0.2) is 17.3 Å². The van der Waals surface area contributed by atoms with E-state index in [1.807, 2.05) is 18.2 Å². The third kappa shape index (κ3) is 1.09. The fraction of sp³-hybridized carbons (Fsp3) is 0.417. The average molecular weight is 204 g/mol. The van der Waals surface area contributed by atoms with E-state index in [0.717, 1.165) is 12.8 Å². The number of benzene rings is 1. The maximum atomic E-state index is 12.1. The Morgan fingerprint density at radius 2 is 2.20 bits per heavy atom. The fourth-order valence-corrected chi connectivity index (χ4v) is 2.09. The summed E-state index contributed by atoms with van der Waals surface area (Å²) in [5.74, 6) is 1.49. The van der Waals surface area contributed by atoms with Gasteiger partial charge in [-0.1, -0.05) is 6.07 Å². The number of hydrogen-bond donors (Lipinski definition) is 0. The van der Waals surface area contributed by atoms with Crippen LogP contribution in [0, 0.1) is 5.41 Å². The number of para-hydroxylation sites is 1. The number of Topliss-reactive ketones (excluding diaryl/α,β-unsaturated/α-hetero) is 1. The van der Waals surface area contributed by atoms with E-state index < -0.39 is 0 Å². The highest BCUT2D eigenvalue weighted by molar-refractivity contribution is 6.06. The van der Waals surface area contributed by atoms with Gasteiger partial charge in [0.1, 0.15) is 6.61 Å². The molecule has 0 aromatic heterocycles. The van der Waals surface area contributed by atoms with Gasteiger partial charge in [-0.25, -0.2) is 0 Å². The Morgan fingerprint density at radius 3 is 2.87 bits per heavy atom. The van der Waals surface area contributed by atoms with Crippen LogP contribution in [-0.2, 0) is 0 Å². The first-order valence-electron chi connectivity index (χ1n) is 5.11. The molecule has 0 unspecified atom stereocenters. The predicted octanol–water partition coefficient (Wildman–Crippen LogP) is 2.05. The van der Waals surface area contributed by atoms with Crippen LogP contribution in [0.4, 0.5) is 0 Å². The standard InChI is InChI=1S/C12H12O3/c1-14-9-4-2-3-8-10(9)15-7-12(5-6-12)11(8)13/h2-4H,5-7H2,1H3. The first-order chi connectivity index (χ1) is 7.27. The van der Waals surface area contributed by atoms with Crippen LogP contribution in [0.25, 0.3) is 0 Å². The lowest BCUT2D eigenvalue weighted by Gasteiger charge is -2.24. The van der Waals surface area contributed by atoms with E-state index in [4.69, 9.17) is 9.47 Å². The summed E-state index contributed by atoms with van der Waals surface area (Å²) in [5.41, 5.74) is 0.484. The van der Waals surface area contributed by atoms with E-state index in [2.05, 4.69) is 0 Å². The van der Waals surface area contributed by atoms with E-state index in [1.54, 1.807) is 7.11 Å². The normalized spacial score (nSPS) is 20.7. The van der Waals surface area contributed by atoms with Crippen molar-refractivity contribution in [2.75, 3.05) is 13.7 Å². The number of rotatable bonds is 1. The molecule has 0 bridgehead atoms. The Kier molecular flexibility index (Phi) is 1.61. The molecule has 1 aliphatic heterocycles. The zero-order valence-corrected chi connectivity index (χ0v) is 8.58. The first-order valence-corrected chi connectivity index (χ1v) is 5.11. The molecule has 2 aliphatic rings. The lowest BCUT2D eigenvalue weighted by atomic mass is 9.92. The number of carbonyl (C=O) groups is 1. The number of fused-ring (bicyclic) bond motifs is 1. The third-order valence-corrected chi connectivity index (χ3v) is 3.27. The Balaban J connectivity index is 2.12. The second-order valence-electron chi connectivity index (χ2n) is 4.24. The van der Waals surface area contributed by atoms with Crippen molar-refractivity contribution in [1.82, 2.24) is 0 Å². The maximum absolute atomic E-state index is 12.1. The molecule has 1 aromatic carbocycles. The summed E-state index contributed by atoms with van der Waals surface area (Å²) in [4.78, 5) is 12.1. The van der Waals surface area contributed by atoms with Crippen molar-refractivity contribution in [3.8, 4) is 11.5 Å².